The summed E-state index contributed by atoms with van der Waals surface area (Å²) in [5, 5.41) is 10.0. The van der Waals surface area contributed by atoms with Crippen LogP contribution in [0.15, 0.2) is 12.4 Å². The second-order valence-corrected chi connectivity index (χ2v) is 4.93. The Bertz CT molecular complexity index is 385. The molecule has 2 saturated heterocycles. The van der Waals surface area contributed by atoms with Crippen molar-refractivity contribution in [2.45, 2.75) is 25.3 Å². The van der Waals surface area contributed by atoms with Gasteiger partial charge >= 0.3 is 0 Å². The number of carbonyl (C=O) groups is 1. The first-order chi connectivity index (χ1) is 8.36. The van der Waals surface area contributed by atoms with Crippen LogP contribution in [0.3, 0.4) is 0 Å². The topological polar surface area (TPSA) is 61.0 Å². The van der Waals surface area contributed by atoms with E-state index < -0.39 is 0 Å². The van der Waals surface area contributed by atoms with Crippen molar-refractivity contribution in [1.29, 1.82) is 0 Å². The van der Waals surface area contributed by atoms with Crippen molar-refractivity contribution in [3.8, 4) is 0 Å². The van der Waals surface area contributed by atoms with E-state index in [1.54, 1.807) is 0 Å². The van der Waals surface area contributed by atoms with E-state index in [9.17, 15) is 4.79 Å². The Morgan fingerprint density at radius 2 is 2.29 bits per heavy atom. The average molecular weight is 234 g/mol. The lowest BCUT2D eigenvalue weighted by Gasteiger charge is -2.39. The molecule has 0 aromatic carbocycles. The summed E-state index contributed by atoms with van der Waals surface area (Å²) >= 11 is 0. The molecule has 92 valence electrons. The normalized spacial score (nSPS) is 25.6. The number of aromatic nitrogens is 2. The zero-order chi connectivity index (χ0) is 11.7. The number of rotatable bonds is 2. The minimum atomic E-state index is 0.197. The Morgan fingerprint density at radius 3 is 2.94 bits per heavy atom. The van der Waals surface area contributed by atoms with Crippen LogP contribution in [-0.4, -0.2) is 40.6 Å². The summed E-state index contributed by atoms with van der Waals surface area (Å²) in [4.78, 5) is 14.4. The van der Waals surface area contributed by atoms with Crippen molar-refractivity contribution in [3.05, 3.63) is 18.0 Å². The molecule has 2 aliphatic heterocycles. The number of hydrogen-bond acceptors (Lipinski definition) is 3. The van der Waals surface area contributed by atoms with E-state index in [-0.39, 0.29) is 12.0 Å². The van der Waals surface area contributed by atoms with Gasteiger partial charge in [0.15, 0.2) is 0 Å². The van der Waals surface area contributed by atoms with E-state index >= 15 is 0 Å². The zero-order valence-corrected chi connectivity index (χ0v) is 9.85. The highest BCUT2D eigenvalue weighted by atomic mass is 16.2. The second kappa shape index (κ2) is 4.49. The van der Waals surface area contributed by atoms with Gasteiger partial charge in [-0.3, -0.25) is 9.89 Å². The van der Waals surface area contributed by atoms with Gasteiger partial charge in [-0.25, -0.2) is 0 Å². The van der Waals surface area contributed by atoms with Gasteiger partial charge in [0.05, 0.1) is 18.2 Å². The molecule has 1 aromatic heterocycles. The largest absolute Gasteiger partial charge is 0.335 e. The maximum Gasteiger partial charge on any atom is 0.228 e. The van der Waals surface area contributed by atoms with E-state index in [1.165, 1.54) is 6.42 Å². The molecule has 0 spiro atoms. The summed E-state index contributed by atoms with van der Waals surface area (Å²) in [7, 11) is 0. The van der Waals surface area contributed by atoms with Crippen molar-refractivity contribution in [3.63, 3.8) is 0 Å². The van der Waals surface area contributed by atoms with Crippen LogP contribution < -0.4 is 5.32 Å². The lowest BCUT2D eigenvalue weighted by atomic mass is 9.93. The van der Waals surface area contributed by atoms with E-state index in [0.717, 1.165) is 38.0 Å². The first kappa shape index (κ1) is 10.8. The van der Waals surface area contributed by atoms with Gasteiger partial charge in [-0.2, -0.15) is 5.10 Å². The molecule has 0 aliphatic carbocycles. The van der Waals surface area contributed by atoms with Gasteiger partial charge in [0.2, 0.25) is 5.91 Å². The fourth-order valence-corrected chi connectivity index (χ4v) is 2.68. The third-order valence-electron chi connectivity index (χ3n) is 3.82. The molecular formula is C12H18N4O. The molecule has 0 bridgehead atoms. The molecule has 1 amide bonds. The number of aromatic amines is 1. The summed E-state index contributed by atoms with van der Waals surface area (Å²) in [6.45, 7) is 2.58. The second-order valence-electron chi connectivity index (χ2n) is 4.93. The molecule has 5 nitrogen and oxygen atoms in total. The molecule has 2 fully saturated rings. The van der Waals surface area contributed by atoms with Crippen LogP contribution >= 0.6 is 0 Å². The molecule has 0 saturated carbocycles. The van der Waals surface area contributed by atoms with Gasteiger partial charge < -0.3 is 10.2 Å². The number of hydrogen-bond donors (Lipinski definition) is 2. The number of carbonyl (C=O) groups excluding carboxylic acids is 1. The number of nitrogens with one attached hydrogen (secondary N) is 2. The maximum atomic E-state index is 12.3. The van der Waals surface area contributed by atoms with Crippen LogP contribution in [0.25, 0.3) is 0 Å². The molecule has 2 N–H and O–H groups in total. The monoisotopic (exact) mass is 234 g/mol. The summed E-state index contributed by atoms with van der Waals surface area (Å²) < 4.78 is 0. The van der Waals surface area contributed by atoms with E-state index in [0.29, 0.717) is 5.91 Å². The maximum absolute atomic E-state index is 12.3. The van der Waals surface area contributed by atoms with E-state index in [2.05, 4.69) is 20.4 Å². The third kappa shape index (κ3) is 1.95. The number of piperidine rings is 1. The fraction of sp³-hybridized carbons (Fsp3) is 0.667. The lowest BCUT2D eigenvalue weighted by molar-refractivity contribution is -0.141. The van der Waals surface area contributed by atoms with Gasteiger partial charge in [-0.15, -0.1) is 0 Å². The molecule has 1 unspecified atom stereocenters. The first-order valence-corrected chi connectivity index (χ1v) is 6.36. The summed E-state index contributed by atoms with van der Waals surface area (Å²) in [5.41, 5.74) is 1.14. The van der Waals surface area contributed by atoms with Crippen LogP contribution in [0.4, 0.5) is 0 Å². The fourth-order valence-electron chi connectivity index (χ4n) is 2.68. The Labute approximate surface area is 101 Å². The van der Waals surface area contributed by atoms with Crippen LogP contribution in [0, 0.1) is 5.92 Å². The smallest absolute Gasteiger partial charge is 0.228 e. The van der Waals surface area contributed by atoms with Crippen molar-refractivity contribution in [1.82, 2.24) is 20.4 Å². The van der Waals surface area contributed by atoms with Crippen LogP contribution in [-0.2, 0) is 4.79 Å². The highest BCUT2D eigenvalue weighted by Gasteiger charge is 2.35. The minimum absolute atomic E-state index is 0.197. The molecule has 3 heterocycles. The van der Waals surface area contributed by atoms with E-state index in [4.69, 9.17) is 0 Å². The van der Waals surface area contributed by atoms with E-state index in [1.807, 2.05) is 12.4 Å². The minimum Gasteiger partial charge on any atom is -0.335 e. The molecule has 3 rings (SSSR count). The van der Waals surface area contributed by atoms with Crippen molar-refractivity contribution >= 4 is 5.91 Å². The van der Waals surface area contributed by atoms with Crippen molar-refractivity contribution in [2.75, 3.05) is 19.6 Å². The Kier molecular flexibility index (Phi) is 2.84. The molecule has 5 heteroatoms. The Balaban J connectivity index is 1.77. The van der Waals surface area contributed by atoms with Crippen molar-refractivity contribution < 1.29 is 4.79 Å². The van der Waals surface area contributed by atoms with Gasteiger partial charge in [-0.05, 0) is 19.3 Å². The first-order valence-electron chi connectivity index (χ1n) is 6.36. The highest BCUT2D eigenvalue weighted by Crippen LogP contribution is 2.31. The molecule has 17 heavy (non-hydrogen) atoms. The molecule has 2 aliphatic rings. The Hall–Kier alpha value is -1.36. The van der Waals surface area contributed by atoms with Gasteiger partial charge in [0.1, 0.15) is 0 Å². The molecule has 0 radical (unpaired) electrons. The molecular weight excluding hydrogens is 216 g/mol. The lowest BCUT2D eigenvalue weighted by Crippen LogP contribution is -2.53. The number of nitrogens with zero attached hydrogens (tertiary/aromatic N) is 2. The SMILES string of the molecule is O=C(C1CNC1)N1CCCCC1c1cn[nH]c1. The highest BCUT2D eigenvalue weighted by molar-refractivity contribution is 5.80. The quantitative estimate of drug-likeness (QED) is 0.791. The van der Waals surface area contributed by atoms with Gasteiger partial charge in [0, 0.05) is 31.4 Å². The summed E-state index contributed by atoms with van der Waals surface area (Å²) in [6.07, 6.45) is 7.14. The molecule has 1 aromatic rings. The zero-order valence-electron chi connectivity index (χ0n) is 9.85. The Morgan fingerprint density at radius 1 is 1.41 bits per heavy atom. The average Bonchev–Trinajstić information content (AvgIpc) is 2.80. The standard InChI is InChI=1S/C12H18N4O/c17-12(10-5-13-6-10)16-4-2-1-3-11(16)9-7-14-15-8-9/h7-8,10-11,13H,1-6H2,(H,14,15). The van der Waals surface area contributed by atoms with Crippen molar-refractivity contribution in [2.24, 2.45) is 5.92 Å². The number of H-pyrrole nitrogens is 1. The van der Waals surface area contributed by atoms with Crippen LogP contribution in [0.1, 0.15) is 30.9 Å². The predicted octanol–water partition coefficient (Wildman–Crippen LogP) is 0.683. The van der Waals surface area contributed by atoms with Crippen LogP contribution in [0.2, 0.25) is 0 Å². The number of likely N-dealkylation sites (tertiary alicyclic amines) is 1. The molecule has 1 atom stereocenters. The summed E-state index contributed by atoms with van der Waals surface area (Å²) in [6, 6.07) is 0.232. The van der Waals surface area contributed by atoms with Crippen LogP contribution in [0.5, 0.6) is 0 Å². The van der Waals surface area contributed by atoms with Gasteiger partial charge in [-0.1, -0.05) is 0 Å². The van der Waals surface area contributed by atoms with Gasteiger partial charge in [0.25, 0.3) is 0 Å². The summed E-state index contributed by atoms with van der Waals surface area (Å²) in [5.74, 6) is 0.511. The number of amides is 1. The third-order valence-corrected chi connectivity index (χ3v) is 3.82. The predicted molar refractivity (Wildman–Crippen MR) is 63.3 cm³/mol.